The number of carbonyl (C=O) groups is 1. The van der Waals surface area contributed by atoms with Crippen LogP contribution in [0, 0.1) is 23.2 Å². The van der Waals surface area contributed by atoms with Crippen molar-refractivity contribution in [3.05, 3.63) is 0 Å². The van der Waals surface area contributed by atoms with Gasteiger partial charge >= 0.3 is 0 Å². The number of aliphatic hydroxyl groups is 1. The number of likely N-dealkylation sites (tertiary alicyclic amines) is 1. The molecule has 4 bridgehead atoms. The van der Waals surface area contributed by atoms with Crippen LogP contribution in [-0.4, -0.2) is 34.6 Å². The van der Waals surface area contributed by atoms with E-state index in [4.69, 9.17) is 0 Å². The Hall–Kier alpha value is -0.570. The third kappa shape index (κ3) is 2.01. The van der Waals surface area contributed by atoms with E-state index in [-0.39, 0.29) is 0 Å². The minimum absolute atomic E-state index is 0.300. The van der Waals surface area contributed by atoms with Crippen LogP contribution < -0.4 is 0 Å². The van der Waals surface area contributed by atoms with Gasteiger partial charge in [-0.05, 0) is 68.6 Å². The van der Waals surface area contributed by atoms with Crippen LogP contribution >= 0.6 is 0 Å². The molecule has 4 saturated carbocycles. The van der Waals surface area contributed by atoms with E-state index in [0.29, 0.717) is 24.4 Å². The highest BCUT2D eigenvalue weighted by Crippen LogP contribution is 2.61. The number of rotatable bonds is 2. The van der Waals surface area contributed by atoms with Crippen molar-refractivity contribution in [1.29, 1.82) is 0 Å². The lowest BCUT2D eigenvalue weighted by Gasteiger charge is -2.57. The zero-order valence-corrected chi connectivity index (χ0v) is 11.9. The van der Waals surface area contributed by atoms with Crippen LogP contribution in [0.3, 0.4) is 0 Å². The maximum Gasteiger partial charge on any atom is 0.223 e. The second-order valence-electron chi connectivity index (χ2n) is 8.34. The van der Waals surface area contributed by atoms with Crippen LogP contribution in [0.2, 0.25) is 0 Å². The summed E-state index contributed by atoms with van der Waals surface area (Å²) in [7, 11) is 0. The Morgan fingerprint density at radius 2 is 1.58 bits per heavy atom. The quantitative estimate of drug-likeness (QED) is 0.829. The summed E-state index contributed by atoms with van der Waals surface area (Å²) in [6.07, 6.45) is 8.97. The smallest absolute Gasteiger partial charge is 0.223 e. The molecule has 0 aromatic carbocycles. The van der Waals surface area contributed by atoms with E-state index >= 15 is 0 Å². The van der Waals surface area contributed by atoms with E-state index in [1.807, 2.05) is 11.8 Å². The molecular weight excluding hydrogens is 238 g/mol. The molecule has 0 aromatic rings. The zero-order valence-electron chi connectivity index (χ0n) is 11.9. The molecule has 3 heteroatoms. The normalized spacial score (nSPS) is 46.2. The molecule has 5 rings (SSSR count). The Labute approximate surface area is 115 Å². The molecule has 0 unspecified atom stereocenters. The Morgan fingerprint density at radius 3 is 2.00 bits per heavy atom. The Morgan fingerprint density at radius 1 is 1.11 bits per heavy atom. The lowest BCUT2D eigenvalue weighted by Crippen LogP contribution is -2.62. The summed E-state index contributed by atoms with van der Waals surface area (Å²) in [5.74, 6) is 3.05. The van der Waals surface area contributed by atoms with Gasteiger partial charge in [-0.3, -0.25) is 4.79 Å². The predicted molar refractivity (Wildman–Crippen MR) is 72.4 cm³/mol. The maximum atomic E-state index is 12.4. The van der Waals surface area contributed by atoms with Crippen molar-refractivity contribution in [2.45, 2.75) is 57.5 Å². The van der Waals surface area contributed by atoms with Crippen LogP contribution in [0.25, 0.3) is 0 Å². The molecule has 4 aliphatic carbocycles. The monoisotopic (exact) mass is 263 g/mol. The molecule has 0 aromatic heterocycles. The van der Waals surface area contributed by atoms with Gasteiger partial charge in [-0.25, -0.2) is 0 Å². The number of amides is 1. The minimum Gasteiger partial charge on any atom is -0.386 e. The summed E-state index contributed by atoms with van der Waals surface area (Å²) >= 11 is 0. The van der Waals surface area contributed by atoms with Crippen molar-refractivity contribution in [1.82, 2.24) is 4.90 Å². The van der Waals surface area contributed by atoms with Crippen LogP contribution in [0.4, 0.5) is 0 Å². The molecule has 106 valence electrons. The summed E-state index contributed by atoms with van der Waals surface area (Å²) in [6, 6.07) is 0. The molecule has 1 aliphatic heterocycles. The molecule has 0 spiro atoms. The average molecular weight is 263 g/mol. The van der Waals surface area contributed by atoms with Crippen molar-refractivity contribution >= 4 is 5.91 Å². The lowest BCUT2D eigenvalue weighted by atomic mass is 9.49. The van der Waals surface area contributed by atoms with Crippen molar-refractivity contribution in [3.63, 3.8) is 0 Å². The summed E-state index contributed by atoms with van der Waals surface area (Å²) in [5.41, 5.74) is -0.287. The molecule has 3 nitrogen and oxygen atoms in total. The van der Waals surface area contributed by atoms with Gasteiger partial charge < -0.3 is 10.0 Å². The second-order valence-corrected chi connectivity index (χ2v) is 8.34. The first kappa shape index (κ1) is 12.2. The van der Waals surface area contributed by atoms with Gasteiger partial charge in [0.2, 0.25) is 5.91 Å². The molecule has 5 fully saturated rings. The fourth-order valence-electron chi connectivity index (χ4n) is 5.89. The van der Waals surface area contributed by atoms with Gasteiger partial charge in [0, 0.05) is 6.42 Å². The molecule has 5 aliphatic rings. The van der Waals surface area contributed by atoms with Gasteiger partial charge in [0.15, 0.2) is 0 Å². The Bertz CT molecular complexity index is 372. The van der Waals surface area contributed by atoms with Crippen LogP contribution in [0.5, 0.6) is 0 Å². The summed E-state index contributed by atoms with van der Waals surface area (Å²) in [5, 5.41) is 9.77. The number of hydrogen-bond donors (Lipinski definition) is 1. The lowest BCUT2D eigenvalue weighted by molar-refractivity contribution is -0.159. The van der Waals surface area contributed by atoms with Crippen molar-refractivity contribution in [3.8, 4) is 0 Å². The second kappa shape index (κ2) is 3.75. The fraction of sp³-hybridized carbons (Fsp3) is 0.938. The van der Waals surface area contributed by atoms with Gasteiger partial charge in [0.1, 0.15) is 0 Å². The first-order valence-electron chi connectivity index (χ1n) is 7.93. The van der Waals surface area contributed by atoms with Crippen LogP contribution in [-0.2, 0) is 4.79 Å². The third-order valence-electron chi connectivity index (χ3n) is 6.11. The average Bonchev–Trinajstić information content (AvgIpc) is 2.22. The van der Waals surface area contributed by atoms with E-state index in [1.165, 1.54) is 38.5 Å². The maximum absolute atomic E-state index is 12.4. The standard InChI is InChI=1S/C16H25NO2/c1-15(19)9-17(10-15)14(18)8-16-5-11-2-12(6-16)4-13(3-11)7-16/h11-13,19H,2-10H2,1H3. The SMILES string of the molecule is CC1(O)CN(C(=O)CC23CC4CC(CC(C4)C2)C3)C1. The molecule has 1 saturated heterocycles. The molecule has 19 heavy (non-hydrogen) atoms. The number of hydrogen-bond acceptors (Lipinski definition) is 2. The van der Waals surface area contributed by atoms with Gasteiger partial charge in [0.05, 0.1) is 18.7 Å². The van der Waals surface area contributed by atoms with Gasteiger partial charge in [-0.1, -0.05) is 0 Å². The van der Waals surface area contributed by atoms with Gasteiger partial charge in [-0.15, -0.1) is 0 Å². The minimum atomic E-state index is -0.628. The topological polar surface area (TPSA) is 40.5 Å². The molecular formula is C16H25NO2. The highest BCUT2D eigenvalue weighted by Gasteiger charge is 2.52. The first-order chi connectivity index (χ1) is 8.93. The van der Waals surface area contributed by atoms with Crippen molar-refractivity contribution in [2.24, 2.45) is 23.2 Å². The van der Waals surface area contributed by atoms with E-state index in [2.05, 4.69) is 0 Å². The van der Waals surface area contributed by atoms with Gasteiger partial charge in [-0.2, -0.15) is 0 Å². The van der Waals surface area contributed by atoms with E-state index in [0.717, 1.165) is 24.2 Å². The third-order valence-corrected chi connectivity index (χ3v) is 6.11. The van der Waals surface area contributed by atoms with Crippen LogP contribution in [0.1, 0.15) is 51.9 Å². The first-order valence-corrected chi connectivity index (χ1v) is 7.93. The highest BCUT2D eigenvalue weighted by molar-refractivity contribution is 5.78. The van der Waals surface area contributed by atoms with E-state index < -0.39 is 5.60 Å². The molecule has 0 radical (unpaired) electrons. The fourth-order valence-corrected chi connectivity index (χ4v) is 5.89. The Kier molecular flexibility index (Phi) is 2.41. The van der Waals surface area contributed by atoms with Crippen molar-refractivity contribution < 1.29 is 9.90 Å². The molecule has 1 N–H and O–H groups in total. The number of nitrogens with zero attached hydrogens (tertiary/aromatic N) is 1. The van der Waals surface area contributed by atoms with E-state index in [9.17, 15) is 9.90 Å². The molecule has 1 heterocycles. The highest BCUT2D eigenvalue weighted by atomic mass is 16.3. The van der Waals surface area contributed by atoms with Crippen molar-refractivity contribution in [2.75, 3.05) is 13.1 Å². The predicted octanol–water partition coefficient (Wildman–Crippen LogP) is 2.19. The summed E-state index contributed by atoms with van der Waals surface area (Å²) in [6.45, 7) is 2.90. The number of β-amino-alcohol motifs (C(OH)–C–C–N with tert-alkyl or cyclic N) is 1. The van der Waals surface area contributed by atoms with Gasteiger partial charge in [0.25, 0.3) is 0 Å². The Balaban J connectivity index is 1.44. The molecule has 1 amide bonds. The number of carbonyl (C=O) groups excluding carboxylic acids is 1. The van der Waals surface area contributed by atoms with Crippen LogP contribution in [0.15, 0.2) is 0 Å². The summed E-state index contributed by atoms with van der Waals surface area (Å²) in [4.78, 5) is 14.3. The van der Waals surface area contributed by atoms with E-state index in [1.54, 1.807) is 0 Å². The largest absolute Gasteiger partial charge is 0.386 e. The molecule has 0 atom stereocenters. The summed E-state index contributed by atoms with van der Waals surface area (Å²) < 4.78 is 0. The zero-order chi connectivity index (χ0) is 13.3.